The van der Waals surface area contributed by atoms with Gasteiger partial charge in [0.25, 0.3) is 0 Å². The van der Waals surface area contributed by atoms with Crippen LogP contribution in [0.5, 0.6) is 0 Å². The van der Waals surface area contributed by atoms with Crippen molar-refractivity contribution in [1.29, 1.82) is 0 Å². The van der Waals surface area contributed by atoms with E-state index in [-0.39, 0.29) is 10.9 Å². The van der Waals surface area contributed by atoms with Gasteiger partial charge in [-0.2, -0.15) is 0 Å². The summed E-state index contributed by atoms with van der Waals surface area (Å²) in [4.78, 5) is 0. The zero-order chi connectivity index (χ0) is 15.1. The second kappa shape index (κ2) is 5.42. The van der Waals surface area contributed by atoms with Crippen LogP contribution in [0.4, 0.5) is 4.39 Å². The zero-order valence-corrected chi connectivity index (χ0v) is 15.7. The van der Waals surface area contributed by atoms with Crippen LogP contribution >= 0.6 is 22.6 Å². The average molecular weight is 406 g/mol. The van der Waals surface area contributed by atoms with Crippen LogP contribution in [0.2, 0.25) is 18.1 Å². The van der Waals surface area contributed by atoms with E-state index < -0.39 is 8.32 Å². The van der Waals surface area contributed by atoms with Crippen molar-refractivity contribution in [3.8, 4) is 0 Å². The monoisotopic (exact) mass is 406 g/mol. The Morgan fingerprint density at radius 2 is 1.95 bits per heavy atom. The Balaban J connectivity index is 2.29. The van der Waals surface area contributed by atoms with Gasteiger partial charge in [-0.25, -0.2) is 4.39 Å². The van der Waals surface area contributed by atoms with Gasteiger partial charge in [-0.3, -0.25) is 0 Å². The summed E-state index contributed by atoms with van der Waals surface area (Å²) in [6.07, 6.45) is 0. The molecule has 0 N–H and O–H groups in total. The van der Waals surface area contributed by atoms with Crippen molar-refractivity contribution in [2.45, 2.75) is 45.5 Å². The number of hydrogen-bond acceptors (Lipinski definition) is 2. The second-order valence-electron chi connectivity index (χ2n) is 6.53. The predicted molar refractivity (Wildman–Crippen MR) is 90.9 cm³/mol. The van der Waals surface area contributed by atoms with Crippen LogP contribution in [0, 0.1) is 9.58 Å². The molecule has 0 amide bonds. The third kappa shape index (κ3) is 2.94. The van der Waals surface area contributed by atoms with E-state index in [4.69, 9.17) is 8.84 Å². The number of halogens is 2. The largest absolute Gasteiger partial charge is 0.447 e. The molecule has 2 rings (SSSR count). The standard InChI is InChI=1S/C15H20FIO2Si/c1-15(2,3)20(4,5)18-9-10-7-6-8-11-12(16)14(17)19-13(10)11/h6-8H,9H2,1-5H3. The maximum absolute atomic E-state index is 13.9. The topological polar surface area (TPSA) is 22.4 Å². The van der Waals surface area contributed by atoms with Gasteiger partial charge in [-0.15, -0.1) is 0 Å². The molecule has 0 bridgehead atoms. The fraction of sp³-hybridized carbons (Fsp3) is 0.467. The van der Waals surface area contributed by atoms with E-state index in [1.54, 1.807) is 6.07 Å². The molecule has 0 atom stereocenters. The van der Waals surface area contributed by atoms with Gasteiger partial charge in [0, 0.05) is 28.2 Å². The van der Waals surface area contributed by atoms with Crippen LogP contribution < -0.4 is 0 Å². The van der Waals surface area contributed by atoms with Crippen LogP contribution in [0.15, 0.2) is 22.6 Å². The number of hydrogen-bond donors (Lipinski definition) is 0. The lowest BCUT2D eigenvalue weighted by Crippen LogP contribution is -2.40. The van der Waals surface area contributed by atoms with Crippen molar-refractivity contribution in [1.82, 2.24) is 0 Å². The molecule has 0 spiro atoms. The van der Waals surface area contributed by atoms with E-state index >= 15 is 0 Å². The zero-order valence-electron chi connectivity index (χ0n) is 12.5. The van der Waals surface area contributed by atoms with Gasteiger partial charge in [-0.1, -0.05) is 32.9 Å². The maximum atomic E-state index is 13.9. The van der Waals surface area contributed by atoms with E-state index in [1.807, 2.05) is 34.7 Å². The molecule has 20 heavy (non-hydrogen) atoms. The van der Waals surface area contributed by atoms with E-state index in [0.717, 1.165) is 5.56 Å². The molecule has 0 fully saturated rings. The molecule has 1 aromatic carbocycles. The first-order valence-corrected chi connectivity index (χ1v) is 10.6. The molecule has 0 aliphatic carbocycles. The summed E-state index contributed by atoms with van der Waals surface area (Å²) in [7, 11) is -1.82. The molecule has 0 unspecified atom stereocenters. The molecule has 0 radical (unpaired) electrons. The lowest BCUT2D eigenvalue weighted by Gasteiger charge is -2.36. The van der Waals surface area contributed by atoms with E-state index in [1.165, 1.54) is 0 Å². The normalized spacial score (nSPS) is 13.2. The van der Waals surface area contributed by atoms with Crippen LogP contribution in [-0.2, 0) is 11.0 Å². The Hall–Kier alpha value is -0.403. The van der Waals surface area contributed by atoms with Crippen molar-refractivity contribution in [3.63, 3.8) is 0 Å². The van der Waals surface area contributed by atoms with Crippen molar-refractivity contribution >= 4 is 41.9 Å². The predicted octanol–water partition coefficient (Wildman–Crippen LogP) is 5.70. The molecule has 0 saturated heterocycles. The third-order valence-corrected chi connectivity index (χ3v) is 9.26. The maximum Gasteiger partial charge on any atom is 0.200 e. The van der Waals surface area contributed by atoms with Gasteiger partial charge in [0.1, 0.15) is 5.58 Å². The Morgan fingerprint density at radius 3 is 2.55 bits per heavy atom. The van der Waals surface area contributed by atoms with Crippen LogP contribution in [0.3, 0.4) is 0 Å². The first-order valence-electron chi connectivity index (χ1n) is 6.63. The van der Waals surface area contributed by atoms with Gasteiger partial charge in [0.05, 0.1) is 12.0 Å². The molecule has 1 heterocycles. The van der Waals surface area contributed by atoms with Gasteiger partial charge in [0.15, 0.2) is 14.1 Å². The second-order valence-corrected chi connectivity index (χ2v) is 12.3. The Morgan fingerprint density at radius 1 is 1.30 bits per heavy atom. The molecule has 2 nitrogen and oxygen atoms in total. The van der Waals surface area contributed by atoms with Crippen molar-refractivity contribution in [3.05, 3.63) is 33.3 Å². The Labute approximate surface area is 134 Å². The lowest BCUT2D eigenvalue weighted by atomic mass is 10.1. The van der Waals surface area contributed by atoms with E-state index in [9.17, 15) is 4.39 Å². The smallest absolute Gasteiger partial charge is 0.200 e. The van der Waals surface area contributed by atoms with Crippen molar-refractivity contribution in [2.24, 2.45) is 0 Å². The molecule has 5 heteroatoms. The Bertz CT molecular complexity index is 629. The number of furan rings is 1. The Kier molecular flexibility index (Phi) is 4.33. The van der Waals surface area contributed by atoms with Crippen molar-refractivity contribution < 1.29 is 13.2 Å². The number of para-hydroxylation sites is 1. The van der Waals surface area contributed by atoms with E-state index in [0.29, 0.717) is 21.3 Å². The molecular formula is C15H20FIO2Si. The minimum Gasteiger partial charge on any atom is -0.447 e. The fourth-order valence-corrected chi connectivity index (χ4v) is 3.17. The quantitative estimate of drug-likeness (QED) is 0.482. The number of benzene rings is 1. The minimum atomic E-state index is -1.82. The molecule has 110 valence electrons. The number of fused-ring (bicyclic) bond motifs is 1. The highest BCUT2D eigenvalue weighted by Gasteiger charge is 2.37. The van der Waals surface area contributed by atoms with E-state index in [2.05, 4.69) is 33.9 Å². The minimum absolute atomic E-state index is 0.156. The molecule has 0 aliphatic rings. The summed E-state index contributed by atoms with van der Waals surface area (Å²) < 4.78 is 25.9. The van der Waals surface area contributed by atoms with Crippen LogP contribution in [0.25, 0.3) is 11.0 Å². The molecule has 2 aromatic rings. The third-order valence-electron chi connectivity index (χ3n) is 4.09. The fourth-order valence-electron chi connectivity index (χ4n) is 1.71. The summed E-state index contributed by atoms with van der Waals surface area (Å²) in [5.74, 6) is -0.283. The van der Waals surface area contributed by atoms with Crippen molar-refractivity contribution in [2.75, 3.05) is 0 Å². The highest BCUT2D eigenvalue weighted by Crippen LogP contribution is 2.37. The lowest BCUT2D eigenvalue weighted by molar-refractivity contribution is 0.276. The van der Waals surface area contributed by atoms with Gasteiger partial charge >= 0.3 is 0 Å². The highest BCUT2D eigenvalue weighted by atomic mass is 127. The first kappa shape index (κ1) is 16.0. The van der Waals surface area contributed by atoms with Crippen LogP contribution in [-0.4, -0.2) is 8.32 Å². The number of rotatable bonds is 3. The highest BCUT2D eigenvalue weighted by molar-refractivity contribution is 14.1. The molecule has 0 aliphatic heterocycles. The van der Waals surface area contributed by atoms with Crippen LogP contribution in [0.1, 0.15) is 26.3 Å². The van der Waals surface area contributed by atoms with Gasteiger partial charge in [0.2, 0.25) is 3.77 Å². The summed E-state index contributed by atoms with van der Waals surface area (Å²) in [6, 6.07) is 5.53. The molecule has 1 aromatic heterocycles. The summed E-state index contributed by atoms with van der Waals surface area (Å²) in [5, 5.41) is 0.690. The first-order chi connectivity index (χ1) is 9.13. The summed E-state index contributed by atoms with van der Waals surface area (Å²) in [5.41, 5.74) is 1.52. The molecule has 0 saturated carbocycles. The SMILES string of the molecule is CC(C)(C)[Si](C)(C)OCc1cccc2c(F)c(I)oc12. The summed E-state index contributed by atoms with van der Waals surface area (Å²) >= 11 is 1.88. The molecular weight excluding hydrogens is 386 g/mol. The van der Waals surface area contributed by atoms with Gasteiger partial charge < -0.3 is 8.84 Å². The summed E-state index contributed by atoms with van der Waals surface area (Å²) in [6.45, 7) is 11.5. The van der Waals surface area contributed by atoms with Gasteiger partial charge in [-0.05, 0) is 24.2 Å². The average Bonchev–Trinajstić information content (AvgIpc) is 2.62.